The minimum absolute atomic E-state index is 0.0787. The largest absolute Gasteiger partial charge is 0.443 e. The van der Waals surface area contributed by atoms with Crippen LogP contribution in [0.5, 0.6) is 0 Å². The zero-order valence-corrected chi connectivity index (χ0v) is 16.6. The van der Waals surface area contributed by atoms with E-state index >= 15 is 0 Å². The van der Waals surface area contributed by atoms with Gasteiger partial charge in [0.2, 0.25) is 0 Å². The maximum atomic E-state index is 13.1. The molecule has 0 radical (unpaired) electrons. The number of benzene rings is 1. The number of hydrogen-bond acceptors (Lipinski definition) is 5. The number of fused-ring (bicyclic) bond motifs is 3. The van der Waals surface area contributed by atoms with Gasteiger partial charge in [0.25, 0.3) is 0 Å². The molecule has 1 aromatic heterocycles. The summed E-state index contributed by atoms with van der Waals surface area (Å²) < 4.78 is 6.82. The number of Topliss-reactive ketones (excluding diaryl/α,β-unsaturated/α-hetero) is 2. The summed E-state index contributed by atoms with van der Waals surface area (Å²) in [6, 6.07) is 3.52. The van der Waals surface area contributed by atoms with Gasteiger partial charge in [-0.2, -0.15) is 0 Å². The molecule has 6 nitrogen and oxygen atoms in total. The fourth-order valence-electron chi connectivity index (χ4n) is 3.77. The van der Waals surface area contributed by atoms with E-state index in [1.165, 1.54) is 10.9 Å². The van der Waals surface area contributed by atoms with E-state index in [1.54, 1.807) is 19.1 Å². The average molecular weight is 370 g/mol. The lowest BCUT2D eigenvalue weighted by molar-refractivity contribution is -0.117. The number of aromatic nitrogens is 2. The summed E-state index contributed by atoms with van der Waals surface area (Å²) in [4.78, 5) is 41.4. The van der Waals surface area contributed by atoms with Crippen molar-refractivity contribution >= 4 is 28.7 Å². The molecule has 2 aromatic rings. The molecule has 0 N–H and O–H groups in total. The summed E-state index contributed by atoms with van der Waals surface area (Å²) >= 11 is 0. The van der Waals surface area contributed by atoms with Crippen molar-refractivity contribution in [3.8, 4) is 0 Å². The number of ether oxygens (including phenoxy) is 1. The van der Waals surface area contributed by atoms with Crippen LogP contribution in [-0.2, 0) is 16.0 Å². The Hall–Kier alpha value is -2.50. The van der Waals surface area contributed by atoms with Crippen LogP contribution in [0, 0.1) is 5.41 Å². The van der Waals surface area contributed by atoms with E-state index in [9.17, 15) is 14.4 Å². The maximum absolute atomic E-state index is 13.1. The van der Waals surface area contributed by atoms with E-state index < -0.39 is 17.1 Å². The van der Waals surface area contributed by atoms with E-state index in [-0.39, 0.29) is 11.6 Å². The van der Waals surface area contributed by atoms with Crippen LogP contribution in [-0.4, -0.2) is 32.8 Å². The highest BCUT2D eigenvalue weighted by Crippen LogP contribution is 2.45. The van der Waals surface area contributed by atoms with Crippen molar-refractivity contribution < 1.29 is 19.1 Å². The van der Waals surface area contributed by atoms with Crippen molar-refractivity contribution in [1.82, 2.24) is 9.55 Å². The second-order valence-corrected chi connectivity index (χ2v) is 8.40. The van der Waals surface area contributed by atoms with Crippen molar-refractivity contribution in [3.63, 3.8) is 0 Å². The van der Waals surface area contributed by atoms with Gasteiger partial charge < -0.3 is 9.53 Å². The molecule has 27 heavy (non-hydrogen) atoms. The van der Waals surface area contributed by atoms with Crippen LogP contribution in [0.4, 0.5) is 4.79 Å². The summed E-state index contributed by atoms with van der Waals surface area (Å²) in [5.74, 6) is 0.167. The lowest BCUT2D eigenvalue weighted by Crippen LogP contribution is -2.28. The number of rotatable bonds is 4. The highest BCUT2D eigenvalue weighted by Gasteiger charge is 2.45. The van der Waals surface area contributed by atoms with E-state index in [0.29, 0.717) is 42.3 Å². The Morgan fingerprint density at radius 1 is 1.30 bits per heavy atom. The number of nitrogens with zero attached hydrogens (tertiary/aromatic N) is 2. The Labute approximate surface area is 158 Å². The SMILES string of the molecule is CCC1(CCC(C)=O)Cc2c(ccc3c2ncn3C(=O)OC(C)(C)C)C1=O. The number of imidazole rings is 1. The van der Waals surface area contributed by atoms with Gasteiger partial charge in [0.05, 0.1) is 11.0 Å². The normalized spacial score (nSPS) is 19.4. The molecular weight excluding hydrogens is 344 g/mol. The molecule has 1 heterocycles. The summed E-state index contributed by atoms with van der Waals surface area (Å²) in [7, 11) is 0. The Kier molecular flexibility index (Phi) is 4.70. The standard InChI is InChI=1S/C21H26N2O4/c1-6-21(10-9-13(2)24)11-15-14(18(21)25)7-8-16-17(15)22-12-23(16)19(26)27-20(3,4)5/h7-8,12H,6,9-11H2,1-5H3. The third-order valence-electron chi connectivity index (χ3n) is 5.29. The Bertz CT molecular complexity index is 936. The molecule has 0 bridgehead atoms. The molecule has 0 spiro atoms. The quantitative estimate of drug-likeness (QED) is 0.801. The molecule has 1 aliphatic carbocycles. The van der Waals surface area contributed by atoms with Gasteiger partial charge in [-0.1, -0.05) is 6.92 Å². The van der Waals surface area contributed by atoms with Crippen molar-refractivity contribution in [2.45, 2.75) is 65.9 Å². The number of ketones is 2. The minimum atomic E-state index is -0.607. The zero-order chi connectivity index (χ0) is 20.0. The molecular formula is C21H26N2O4. The van der Waals surface area contributed by atoms with Gasteiger partial charge >= 0.3 is 6.09 Å². The molecule has 1 aliphatic rings. The summed E-state index contributed by atoms with van der Waals surface area (Å²) in [6.07, 6.45) is 3.11. The molecule has 1 atom stereocenters. The second-order valence-electron chi connectivity index (χ2n) is 8.40. The van der Waals surface area contributed by atoms with Crippen molar-refractivity contribution in [1.29, 1.82) is 0 Å². The van der Waals surface area contributed by atoms with E-state index in [4.69, 9.17) is 4.74 Å². The van der Waals surface area contributed by atoms with E-state index in [2.05, 4.69) is 4.98 Å². The molecule has 1 unspecified atom stereocenters. The summed E-state index contributed by atoms with van der Waals surface area (Å²) in [5, 5.41) is 0. The van der Waals surface area contributed by atoms with Crippen LogP contribution < -0.4 is 0 Å². The molecule has 1 aromatic carbocycles. The first-order chi connectivity index (χ1) is 12.6. The lowest BCUT2D eigenvalue weighted by Gasteiger charge is -2.25. The Balaban J connectivity index is 2.01. The van der Waals surface area contributed by atoms with E-state index in [0.717, 1.165) is 5.56 Å². The lowest BCUT2D eigenvalue weighted by atomic mass is 9.76. The third-order valence-corrected chi connectivity index (χ3v) is 5.29. The van der Waals surface area contributed by atoms with Gasteiger partial charge in [-0.25, -0.2) is 14.3 Å². The fourth-order valence-corrected chi connectivity index (χ4v) is 3.77. The summed E-state index contributed by atoms with van der Waals surface area (Å²) in [6.45, 7) is 8.97. The van der Waals surface area contributed by atoms with Crippen LogP contribution in [0.25, 0.3) is 11.0 Å². The smallest absolute Gasteiger partial charge is 0.420 e. The molecule has 144 valence electrons. The number of carbonyl (C=O) groups excluding carboxylic acids is 3. The molecule has 0 saturated carbocycles. The first-order valence-electron chi connectivity index (χ1n) is 9.34. The first-order valence-corrected chi connectivity index (χ1v) is 9.34. The molecule has 0 amide bonds. The monoisotopic (exact) mass is 370 g/mol. The maximum Gasteiger partial charge on any atom is 0.420 e. The van der Waals surface area contributed by atoms with Crippen LogP contribution in [0.1, 0.15) is 69.8 Å². The van der Waals surface area contributed by atoms with E-state index in [1.807, 2.05) is 27.7 Å². The van der Waals surface area contributed by atoms with Crippen LogP contribution in [0.15, 0.2) is 18.5 Å². The fraction of sp³-hybridized carbons (Fsp3) is 0.524. The number of carbonyl (C=O) groups is 3. The third kappa shape index (κ3) is 3.40. The zero-order valence-electron chi connectivity index (χ0n) is 16.6. The first kappa shape index (κ1) is 19.3. The van der Waals surface area contributed by atoms with Gasteiger partial charge in [-0.15, -0.1) is 0 Å². The number of hydrogen-bond donors (Lipinski definition) is 0. The topological polar surface area (TPSA) is 78.3 Å². The molecule has 0 fully saturated rings. The molecule has 0 aliphatic heterocycles. The summed E-state index contributed by atoms with van der Waals surface area (Å²) in [5.41, 5.74) is 1.65. The van der Waals surface area contributed by atoms with Gasteiger partial charge in [0.15, 0.2) is 5.78 Å². The molecule has 3 rings (SSSR count). The van der Waals surface area contributed by atoms with Crippen molar-refractivity contribution in [2.75, 3.05) is 0 Å². The van der Waals surface area contributed by atoms with Gasteiger partial charge in [-0.3, -0.25) is 4.79 Å². The molecule has 0 saturated heterocycles. The second kappa shape index (κ2) is 6.59. The van der Waals surface area contributed by atoms with Crippen molar-refractivity contribution in [3.05, 3.63) is 29.6 Å². The van der Waals surface area contributed by atoms with Gasteiger partial charge in [-0.05, 0) is 64.7 Å². The predicted octanol–water partition coefficient (Wildman–Crippen LogP) is 4.32. The average Bonchev–Trinajstić information content (AvgIpc) is 3.11. The Morgan fingerprint density at radius 2 is 2.00 bits per heavy atom. The van der Waals surface area contributed by atoms with Crippen LogP contribution in [0.2, 0.25) is 0 Å². The Morgan fingerprint density at radius 3 is 2.59 bits per heavy atom. The van der Waals surface area contributed by atoms with Crippen LogP contribution in [0.3, 0.4) is 0 Å². The van der Waals surface area contributed by atoms with Crippen LogP contribution >= 0.6 is 0 Å². The van der Waals surface area contributed by atoms with Gasteiger partial charge in [0, 0.05) is 17.4 Å². The minimum Gasteiger partial charge on any atom is -0.443 e. The molecule has 6 heteroatoms. The highest BCUT2D eigenvalue weighted by atomic mass is 16.6. The predicted molar refractivity (Wildman–Crippen MR) is 102 cm³/mol. The van der Waals surface area contributed by atoms with Crippen molar-refractivity contribution in [2.24, 2.45) is 5.41 Å². The highest BCUT2D eigenvalue weighted by molar-refractivity contribution is 6.09. The van der Waals surface area contributed by atoms with Gasteiger partial charge in [0.1, 0.15) is 17.7 Å².